The molecule has 0 aromatic rings. The molecule has 0 saturated carbocycles. The molecule has 4 heteroatoms. The molecule has 0 radical (unpaired) electrons. The first kappa shape index (κ1) is 6.38. The normalized spacial score (nSPS) is 33.8. The Morgan fingerprint density at radius 3 is 2.67 bits per heavy atom. The topological polar surface area (TPSA) is 76.1 Å². The van der Waals surface area contributed by atoms with Gasteiger partial charge in [0.15, 0.2) is 0 Å². The average Bonchev–Trinajstić information content (AvgIpc) is 2.13. The lowest BCUT2D eigenvalue weighted by molar-refractivity contribution is 0.400. The molecule has 0 aromatic carbocycles. The first-order valence-corrected chi connectivity index (χ1v) is 2.97. The minimum Gasteiger partial charge on any atom is -0.385 e. The van der Waals surface area contributed by atoms with Gasteiger partial charge in [0.05, 0.1) is 0 Å². The lowest BCUT2D eigenvalue weighted by atomic mass is 10.1. The van der Waals surface area contributed by atoms with Crippen LogP contribution in [0.25, 0.3) is 0 Å². The Kier molecular flexibility index (Phi) is 1.34. The van der Waals surface area contributed by atoms with Crippen LogP contribution in [0.3, 0.4) is 0 Å². The Morgan fingerprint density at radius 2 is 2.44 bits per heavy atom. The molecule has 1 aliphatic rings. The summed E-state index contributed by atoms with van der Waals surface area (Å²) < 4.78 is 0. The van der Waals surface area contributed by atoms with E-state index >= 15 is 0 Å². The van der Waals surface area contributed by atoms with Gasteiger partial charge in [-0.2, -0.15) is 0 Å². The molecule has 9 heavy (non-hydrogen) atoms. The molecule has 1 rings (SSSR count). The molecule has 1 unspecified atom stereocenters. The van der Waals surface area contributed by atoms with E-state index in [-0.39, 0.29) is 0 Å². The van der Waals surface area contributed by atoms with Gasteiger partial charge < -0.3 is 16.9 Å². The zero-order chi connectivity index (χ0) is 6.91. The number of rotatable bonds is 1. The molecule has 0 aliphatic carbocycles. The predicted molar refractivity (Wildman–Crippen MR) is 35.8 cm³/mol. The molecule has 6 N–H and O–H groups in total. The molecular weight excluding hydrogens is 116 g/mol. The zero-order valence-corrected chi connectivity index (χ0v) is 5.44. The van der Waals surface area contributed by atoms with Gasteiger partial charge in [-0.25, -0.2) is 5.43 Å². The summed E-state index contributed by atoms with van der Waals surface area (Å²) >= 11 is 0. The van der Waals surface area contributed by atoms with E-state index in [1.165, 1.54) is 0 Å². The maximum Gasteiger partial charge on any atom is 0.110 e. The van der Waals surface area contributed by atoms with E-state index in [4.69, 9.17) is 11.5 Å². The minimum atomic E-state index is -0.440. The van der Waals surface area contributed by atoms with Crippen LogP contribution in [0.4, 0.5) is 0 Å². The van der Waals surface area contributed by atoms with E-state index < -0.39 is 5.66 Å². The van der Waals surface area contributed by atoms with Crippen molar-refractivity contribution >= 4 is 0 Å². The average molecular weight is 128 g/mol. The summed E-state index contributed by atoms with van der Waals surface area (Å²) in [6.07, 6.45) is 2.59. The molecule has 1 atom stereocenters. The van der Waals surface area contributed by atoms with Crippen molar-refractivity contribution in [3.8, 4) is 0 Å². The number of hydrogen-bond donors (Lipinski definition) is 4. The van der Waals surface area contributed by atoms with Crippen LogP contribution >= 0.6 is 0 Å². The maximum absolute atomic E-state index is 5.72. The summed E-state index contributed by atoms with van der Waals surface area (Å²) in [6.45, 7) is 1.99. The molecule has 4 nitrogen and oxygen atoms in total. The van der Waals surface area contributed by atoms with Gasteiger partial charge in [-0.3, -0.25) is 0 Å². The van der Waals surface area contributed by atoms with E-state index in [2.05, 4.69) is 10.9 Å². The quantitative estimate of drug-likeness (QED) is 0.364. The van der Waals surface area contributed by atoms with Gasteiger partial charge in [0.1, 0.15) is 11.5 Å². The largest absolute Gasteiger partial charge is 0.385 e. The van der Waals surface area contributed by atoms with E-state index in [9.17, 15) is 0 Å². The van der Waals surface area contributed by atoms with Crippen LogP contribution in [0.5, 0.6) is 0 Å². The number of hydrogen-bond acceptors (Lipinski definition) is 4. The Hall–Kier alpha value is -0.740. The van der Waals surface area contributed by atoms with Crippen LogP contribution < -0.4 is 22.3 Å². The maximum atomic E-state index is 5.72. The second-order valence-electron chi connectivity index (χ2n) is 2.24. The van der Waals surface area contributed by atoms with Gasteiger partial charge in [-0.05, 0) is 12.5 Å². The fraction of sp³-hybridized carbons (Fsp3) is 0.600. The second-order valence-corrected chi connectivity index (χ2v) is 2.24. The predicted octanol–water partition coefficient (Wildman–Crippen LogP) is -1.04. The third kappa shape index (κ3) is 1.14. The van der Waals surface area contributed by atoms with Crippen molar-refractivity contribution < 1.29 is 0 Å². The number of hydrazine groups is 1. The smallest absolute Gasteiger partial charge is 0.110 e. The Bertz CT molecular complexity index is 142. The summed E-state index contributed by atoms with van der Waals surface area (Å²) in [5.41, 5.74) is 16.2. The Labute approximate surface area is 54.3 Å². The Balaban J connectivity index is 2.64. The monoisotopic (exact) mass is 128 g/mol. The SMILES string of the molecule is CCC1(N)C=C(N)NN1. The van der Waals surface area contributed by atoms with Gasteiger partial charge in [0, 0.05) is 0 Å². The summed E-state index contributed by atoms with van der Waals surface area (Å²) in [4.78, 5) is 0. The Morgan fingerprint density at radius 1 is 1.78 bits per heavy atom. The van der Waals surface area contributed by atoms with Crippen LogP contribution in [0, 0.1) is 0 Å². The van der Waals surface area contributed by atoms with Gasteiger partial charge in [0.25, 0.3) is 0 Å². The molecule has 0 bridgehead atoms. The highest BCUT2D eigenvalue weighted by Crippen LogP contribution is 2.07. The molecule has 0 amide bonds. The lowest BCUT2D eigenvalue weighted by Crippen LogP contribution is -2.51. The molecule has 0 spiro atoms. The van der Waals surface area contributed by atoms with Crippen molar-refractivity contribution in [2.45, 2.75) is 19.0 Å². The van der Waals surface area contributed by atoms with E-state index in [1.807, 2.05) is 6.92 Å². The van der Waals surface area contributed by atoms with Crippen molar-refractivity contribution in [3.63, 3.8) is 0 Å². The van der Waals surface area contributed by atoms with Crippen molar-refractivity contribution in [3.05, 3.63) is 11.9 Å². The van der Waals surface area contributed by atoms with Crippen molar-refractivity contribution in [2.75, 3.05) is 0 Å². The third-order valence-corrected chi connectivity index (χ3v) is 1.44. The summed E-state index contributed by atoms with van der Waals surface area (Å²) in [6, 6.07) is 0. The fourth-order valence-corrected chi connectivity index (χ4v) is 0.729. The lowest BCUT2D eigenvalue weighted by Gasteiger charge is -2.18. The van der Waals surface area contributed by atoms with Crippen molar-refractivity contribution in [1.29, 1.82) is 0 Å². The summed E-state index contributed by atoms with van der Waals surface area (Å²) in [7, 11) is 0. The van der Waals surface area contributed by atoms with E-state index in [1.54, 1.807) is 6.08 Å². The number of nitrogens with two attached hydrogens (primary N) is 2. The minimum absolute atomic E-state index is 0.440. The molecule has 0 aromatic heterocycles. The molecule has 0 fully saturated rings. The first-order chi connectivity index (χ1) is 4.16. The van der Waals surface area contributed by atoms with Crippen molar-refractivity contribution in [2.24, 2.45) is 11.5 Å². The summed E-state index contributed by atoms with van der Waals surface area (Å²) in [5.74, 6) is 0.597. The third-order valence-electron chi connectivity index (χ3n) is 1.44. The molecule has 1 aliphatic heterocycles. The van der Waals surface area contributed by atoms with Crippen LogP contribution in [0.2, 0.25) is 0 Å². The standard InChI is InChI=1S/C5H12N4/c1-2-5(7)3-4(6)8-9-5/h3,8-9H,2,6-7H2,1H3. The highest BCUT2D eigenvalue weighted by atomic mass is 15.5. The van der Waals surface area contributed by atoms with Crippen LogP contribution in [0.15, 0.2) is 11.9 Å². The van der Waals surface area contributed by atoms with Gasteiger partial charge >= 0.3 is 0 Å². The number of nitrogens with one attached hydrogen (secondary N) is 2. The van der Waals surface area contributed by atoms with E-state index in [0.717, 1.165) is 6.42 Å². The molecule has 0 saturated heterocycles. The van der Waals surface area contributed by atoms with Crippen LogP contribution in [0.1, 0.15) is 13.3 Å². The molecule has 52 valence electrons. The van der Waals surface area contributed by atoms with Crippen LogP contribution in [-0.2, 0) is 0 Å². The fourth-order valence-electron chi connectivity index (χ4n) is 0.729. The van der Waals surface area contributed by atoms with Crippen molar-refractivity contribution in [1.82, 2.24) is 10.9 Å². The second kappa shape index (κ2) is 1.89. The highest BCUT2D eigenvalue weighted by Gasteiger charge is 2.24. The summed E-state index contributed by atoms with van der Waals surface area (Å²) in [5, 5.41) is 0. The van der Waals surface area contributed by atoms with Gasteiger partial charge in [-0.1, -0.05) is 6.92 Å². The van der Waals surface area contributed by atoms with E-state index in [0.29, 0.717) is 5.82 Å². The highest BCUT2D eigenvalue weighted by molar-refractivity contribution is 5.12. The first-order valence-electron chi connectivity index (χ1n) is 2.97. The van der Waals surface area contributed by atoms with Gasteiger partial charge in [-0.15, -0.1) is 0 Å². The van der Waals surface area contributed by atoms with Crippen LogP contribution in [-0.4, -0.2) is 5.66 Å². The molecular formula is C5H12N4. The van der Waals surface area contributed by atoms with Gasteiger partial charge in [0.2, 0.25) is 0 Å². The molecule has 1 heterocycles. The zero-order valence-electron chi connectivity index (χ0n) is 5.44.